The predicted octanol–water partition coefficient (Wildman–Crippen LogP) is 3.76. The first-order valence-corrected chi connectivity index (χ1v) is 5.93. The van der Waals surface area contributed by atoms with Crippen LogP contribution in [0.25, 0.3) is 0 Å². The minimum Gasteiger partial charge on any atom is -0.430 e. The molecule has 1 saturated heterocycles. The molecule has 1 fully saturated rings. The van der Waals surface area contributed by atoms with E-state index in [0.717, 1.165) is 44.3 Å². The summed E-state index contributed by atoms with van der Waals surface area (Å²) in [5.74, 6) is 0.820. The Bertz CT molecular complexity index is 289. The zero-order valence-electron chi connectivity index (χ0n) is 9.78. The van der Waals surface area contributed by atoms with Crippen molar-refractivity contribution in [3.8, 4) is 0 Å². The van der Waals surface area contributed by atoms with Gasteiger partial charge in [-0.25, -0.2) is 0 Å². The molecule has 0 aromatic carbocycles. The number of hydrogen-bond acceptors (Lipinski definition) is 2. The van der Waals surface area contributed by atoms with Crippen LogP contribution in [0.1, 0.15) is 38.5 Å². The van der Waals surface area contributed by atoms with Gasteiger partial charge in [0, 0.05) is 0 Å². The number of carbonyl (C=O) groups excluding carboxylic acids is 1. The van der Waals surface area contributed by atoms with Crippen molar-refractivity contribution < 1.29 is 9.53 Å². The van der Waals surface area contributed by atoms with Crippen LogP contribution in [0.5, 0.6) is 0 Å². The lowest BCUT2D eigenvalue weighted by Crippen LogP contribution is -2.32. The van der Waals surface area contributed by atoms with Crippen LogP contribution < -0.4 is 0 Å². The summed E-state index contributed by atoms with van der Waals surface area (Å²) in [6.45, 7) is 7.34. The third kappa shape index (κ3) is 3.69. The highest BCUT2D eigenvalue weighted by Crippen LogP contribution is 2.31. The van der Waals surface area contributed by atoms with Crippen LogP contribution >= 0.6 is 0 Å². The molecule has 0 aliphatic carbocycles. The van der Waals surface area contributed by atoms with Gasteiger partial charge in [-0.1, -0.05) is 12.2 Å². The van der Waals surface area contributed by atoms with Crippen molar-refractivity contribution in [1.82, 2.24) is 0 Å². The Labute approximate surface area is 97.7 Å². The maximum atomic E-state index is 11.2. The highest BCUT2D eigenvalue weighted by atomic mass is 16.6. The Kier molecular flexibility index (Phi) is 5.62. The molecule has 16 heavy (non-hydrogen) atoms. The van der Waals surface area contributed by atoms with Crippen LogP contribution in [0.15, 0.2) is 37.1 Å². The van der Waals surface area contributed by atoms with Crippen LogP contribution in [0.4, 0.5) is 0 Å². The summed E-state index contributed by atoms with van der Waals surface area (Å²) in [4.78, 5) is 11.2. The summed E-state index contributed by atoms with van der Waals surface area (Å²) in [6, 6.07) is 0. The minimum absolute atomic E-state index is 0.0173. The molecular formula is C14H20O2. The van der Waals surface area contributed by atoms with Crippen molar-refractivity contribution in [2.24, 2.45) is 5.92 Å². The zero-order valence-corrected chi connectivity index (χ0v) is 9.78. The van der Waals surface area contributed by atoms with Crippen LogP contribution in [-0.4, -0.2) is 5.97 Å². The van der Waals surface area contributed by atoms with Crippen molar-refractivity contribution in [3.05, 3.63) is 37.1 Å². The van der Waals surface area contributed by atoms with E-state index >= 15 is 0 Å². The predicted molar refractivity (Wildman–Crippen MR) is 65.8 cm³/mol. The van der Waals surface area contributed by atoms with Crippen molar-refractivity contribution in [1.29, 1.82) is 0 Å². The Morgan fingerprint density at radius 2 is 1.81 bits per heavy atom. The fourth-order valence-corrected chi connectivity index (χ4v) is 1.73. The number of allylic oxidation sites excluding steroid dienone is 3. The maximum absolute atomic E-state index is 11.2. The van der Waals surface area contributed by atoms with Gasteiger partial charge in [-0.3, -0.25) is 4.79 Å². The summed E-state index contributed by atoms with van der Waals surface area (Å²) in [7, 11) is 0. The molecule has 88 valence electrons. The van der Waals surface area contributed by atoms with E-state index in [-0.39, 0.29) is 11.9 Å². The van der Waals surface area contributed by atoms with Gasteiger partial charge in [-0.15, -0.1) is 13.2 Å². The average Bonchev–Trinajstić information content (AvgIpc) is 2.28. The minimum atomic E-state index is -0.0703. The van der Waals surface area contributed by atoms with E-state index in [9.17, 15) is 4.79 Å². The molecule has 0 saturated carbocycles. The molecule has 0 amide bonds. The van der Waals surface area contributed by atoms with E-state index in [1.165, 1.54) is 0 Å². The molecule has 2 heteroatoms. The van der Waals surface area contributed by atoms with Crippen LogP contribution in [0.3, 0.4) is 0 Å². The number of ether oxygens (including phenoxy) is 1. The lowest BCUT2D eigenvalue weighted by Gasteiger charge is -2.27. The third-order valence-electron chi connectivity index (χ3n) is 2.71. The van der Waals surface area contributed by atoms with Gasteiger partial charge < -0.3 is 4.74 Å². The first-order chi connectivity index (χ1) is 7.79. The molecule has 1 rings (SSSR count). The van der Waals surface area contributed by atoms with Crippen LogP contribution in [-0.2, 0) is 9.53 Å². The van der Waals surface area contributed by atoms with Crippen molar-refractivity contribution in [2.45, 2.75) is 38.5 Å². The van der Waals surface area contributed by atoms with E-state index in [1.807, 2.05) is 18.2 Å². The van der Waals surface area contributed by atoms with Gasteiger partial charge in [-0.2, -0.15) is 0 Å². The van der Waals surface area contributed by atoms with Gasteiger partial charge in [0.2, 0.25) is 0 Å². The van der Waals surface area contributed by atoms with Gasteiger partial charge in [-0.05, 0) is 44.6 Å². The Hall–Kier alpha value is -1.31. The van der Waals surface area contributed by atoms with E-state index < -0.39 is 0 Å². The van der Waals surface area contributed by atoms with E-state index in [4.69, 9.17) is 4.74 Å². The van der Waals surface area contributed by atoms with E-state index in [1.54, 1.807) is 0 Å². The molecule has 1 atom stereocenters. The van der Waals surface area contributed by atoms with Gasteiger partial charge in [0.15, 0.2) is 0 Å². The quantitative estimate of drug-likeness (QED) is 0.354. The number of esters is 1. The first-order valence-electron chi connectivity index (χ1n) is 5.93. The van der Waals surface area contributed by atoms with Gasteiger partial charge in [0.1, 0.15) is 11.7 Å². The van der Waals surface area contributed by atoms with Crippen LogP contribution in [0, 0.1) is 5.92 Å². The molecule has 0 aromatic rings. The second-order valence-electron chi connectivity index (χ2n) is 4.02. The highest BCUT2D eigenvalue weighted by molar-refractivity contribution is 5.82. The standard InChI is InChI=1S/C14H20O2/c1-3-5-7-9-11-13-12(14(15)16-13)10-8-6-4-2/h3-4,11-12H,1-2,5-10H2/b13-11-. The summed E-state index contributed by atoms with van der Waals surface area (Å²) >= 11 is 0. The molecule has 1 aliphatic heterocycles. The van der Waals surface area contributed by atoms with E-state index in [2.05, 4.69) is 13.2 Å². The molecular weight excluding hydrogens is 200 g/mol. The molecule has 0 aromatic heterocycles. The SMILES string of the molecule is C=CCCC/C=C1\OC(=O)C1CCCC=C. The molecule has 1 heterocycles. The lowest BCUT2D eigenvalue weighted by atomic mass is 9.94. The zero-order chi connectivity index (χ0) is 11.8. The largest absolute Gasteiger partial charge is 0.430 e. The number of hydrogen-bond donors (Lipinski definition) is 0. The Morgan fingerprint density at radius 3 is 2.44 bits per heavy atom. The Balaban J connectivity index is 2.28. The van der Waals surface area contributed by atoms with Gasteiger partial charge in [0.25, 0.3) is 0 Å². The normalized spacial score (nSPS) is 21.4. The summed E-state index contributed by atoms with van der Waals surface area (Å²) in [6.07, 6.45) is 11.8. The lowest BCUT2D eigenvalue weighted by molar-refractivity contribution is -0.157. The first kappa shape index (κ1) is 12.8. The van der Waals surface area contributed by atoms with Crippen LogP contribution in [0.2, 0.25) is 0 Å². The molecule has 1 aliphatic rings. The molecule has 0 bridgehead atoms. The number of carbonyl (C=O) groups is 1. The van der Waals surface area contributed by atoms with Crippen molar-refractivity contribution >= 4 is 5.97 Å². The second-order valence-corrected chi connectivity index (χ2v) is 4.02. The third-order valence-corrected chi connectivity index (χ3v) is 2.71. The van der Waals surface area contributed by atoms with Gasteiger partial charge >= 0.3 is 5.97 Å². The topological polar surface area (TPSA) is 26.3 Å². The second kappa shape index (κ2) is 7.04. The number of unbranched alkanes of at least 4 members (excludes halogenated alkanes) is 3. The molecule has 0 N–H and O–H groups in total. The summed E-state index contributed by atoms with van der Waals surface area (Å²) < 4.78 is 5.03. The van der Waals surface area contributed by atoms with Crippen molar-refractivity contribution in [2.75, 3.05) is 0 Å². The number of cyclic esters (lactones) is 1. The monoisotopic (exact) mass is 220 g/mol. The van der Waals surface area contributed by atoms with Crippen molar-refractivity contribution in [3.63, 3.8) is 0 Å². The fourth-order valence-electron chi connectivity index (χ4n) is 1.73. The smallest absolute Gasteiger partial charge is 0.321 e. The summed E-state index contributed by atoms with van der Waals surface area (Å²) in [5, 5.41) is 0. The molecule has 0 spiro atoms. The number of rotatable bonds is 8. The average molecular weight is 220 g/mol. The van der Waals surface area contributed by atoms with E-state index in [0.29, 0.717) is 0 Å². The summed E-state index contributed by atoms with van der Waals surface area (Å²) in [5.41, 5.74) is 0. The molecule has 1 unspecified atom stereocenters. The molecule has 2 nitrogen and oxygen atoms in total. The van der Waals surface area contributed by atoms with Gasteiger partial charge in [0.05, 0.1) is 0 Å². The highest BCUT2D eigenvalue weighted by Gasteiger charge is 2.36. The Morgan fingerprint density at radius 1 is 1.12 bits per heavy atom. The fraction of sp³-hybridized carbons (Fsp3) is 0.500. The maximum Gasteiger partial charge on any atom is 0.321 e. The molecule has 0 radical (unpaired) electrons.